The first-order chi connectivity index (χ1) is 49.2. The lowest BCUT2D eigenvalue weighted by atomic mass is 9.77. The van der Waals surface area contributed by atoms with E-state index in [2.05, 4.69) is 66.0 Å². The van der Waals surface area contributed by atoms with Crippen molar-refractivity contribution in [3.8, 4) is 5.75 Å². The molecule has 28 nitrogen and oxygen atoms in total. The van der Waals surface area contributed by atoms with E-state index in [1.54, 1.807) is 7.11 Å². The van der Waals surface area contributed by atoms with E-state index >= 15 is 0 Å². The van der Waals surface area contributed by atoms with Gasteiger partial charge in [0.15, 0.2) is 0 Å². The van der Waals surface area contributed by atoms with Crippen molar-refractivity contribution in [3.63, 3.8) is 0 Å². The summed E-state index contributed by atoms with van der Waals surface area (Å²) >= 11 is 0. The summed E-state index contributed by atoms with van der Waals surface area (Å²) in [6.07, 6.45) is -0.0110. The normalized spacial score (nSPS) is 11.8. The Morgan fingerprint density at radius 3 is 0.606 bits per heavy atom. The molecule has 3 rings (SSSR count). The lowest BCUT2D eigenvalue weighted by Gasteiger charge is -2.37. The van der Waals surface area contributed by atoms with Crippen LogP contribution in [-0.4, -0.2) is 342 Å². The largest absolute Gasteiger partial charge is 0.497 e. The molecule has 0 aliphatic heterocycles. The maximum atomic E-state index is 10.4. The van der Waals surface area contributed by atoms with Crippen molar-refractivity contribution < 1.29 is 128 Å². The van der Waals surface area contributed by atoms with Crippen molar-refractivity contribution in [1.29, 1.82) is 0 Å². The molecule has 0 aliphatic carbocycles. The highest BCUT2D eigenvalue weighted by molar-refractivity contribution is 5.66. The zero-order valence-electron chi connectivity index (χ0n) is 59.0. The topological polar surface area (TPSA) is 280 Å². The fourth-order valence-corrected chi connectivity index (χ4v) is 8.65. The lowest BCUT2D eigenvalue weighted by Crippen LogP contribution is -2.46. The Hall–Kier alpha value is -4.07. The Bertz CT molecular complexity index is 2080. The Balaban J connectivity index is 0.886. The number of carboxylic acids is 1. The molecule has 28 heteroatoms. The molecule has 0 atom stereocenters. The zero-order chi connectivity index (χ0) is 70.0. The second-order valence-corrected chi connectivity index (χ2v) is 21.0. The summed E-state index contributed by atoms with van der Waals surface area (Å²) in [7, 11) is 1.68. The lowest BCUT2D eigenvalue weighted by molar-refractivity contribution is -0.138. The van der Waals surface area contributed by atoms with Crippen LogP contribution >= 0.6 is 0 Å². The smallest absolute Gasteiger partial charge is 0.305 e. The van der Waals surface area contributed by atoms with Crippen molar-refractivity contribution >= 4 is 5.97 Å². The number of nitrogens with one attached hydrogen (secondary N) is 1. The molecule has 3 aromatic rings. The second-order valence-electron chi connectivity index (χ2n) is 21.0. The minimum absolute atomic E-state index is 0.0110. The van der Waals surface area contributed by atoms with Gasteiger partial charge in [-0.15, -0.1) is 0 Å². The third-order valence-electron chi connectivity index (χ3n) is 13.6. The first-order valence-electron chi connectivity index (χ1n) is 34.7. The number of rotatable bonds is 80. The quantitative estimate of drug-likeness (QED) is 0.0583. The number of hydrogen-bond donors (Lipinski definition) is 2. The number of carbonyl (C=O) groups is 1. The van der Waals surface area contributed by atoms with Crippen LogP contribution in [0.3, 0.4) is 0 Å². The summed E-state index contributed by atoms with van der Waals surface area (Å²) in [5.74, 6) is -0.0699. The molecule has 0 heterocycles. The number of methoxy groups -OCH3 is 1. The van der Waals surface area contributed by atoms with Gasteiger partial charge in [0.25, 0.3) is 0 Å². The van der Waals surface area contributed by atoms with Crippen LogP contribution in [0.5, 0.6) is 5.75 Å². The van der Waals surface area contributed by atoms with Gasteiger partial charge in [-0.3, -0.25) is 10.1 Å². The molecular formula is C71H119NO27. The Kier molecular flexibility index (Phi) is 63.9. The summed E-state index contributed by atoms with van der Waals surface area (Å²) in [4.78, 5) is 10.4. The van der Waals surface area contributed by atoms with Gasteiger partial charge < -0.3 is 124 Å². The summed E-state index contributed by atoms with van der Waals surface area (Å²) in [6, 6.07) is 29.2. The molecule has 0 fully saturated rings. The first-order valence-corrected chi connectivity index (χ1v) is 34.7. The number of aliphatic carboxylic acids is 1. The van der Waals surface area contributed by atoms with Gasteiger partial charge in [-0.2, -0.15) is 0 Å². The highest BCUT2D eigenvalue weighted by Gasteiger charge is 2.36. The van der Waals surface area contributed by atoms with Gasteiger partial charge >= 0.3 is 5.97 Å². The van der Waals surface area contributed by atoms with E-state index in [1.165, 1.54) is 0 Å². The molecule has 3 aromatic carbocycles. The van der Waals surface area contributed by atoms with Crippen LogP contribution in [0.2, 0.25) is 0 Å². The molecule has 0 saturated heterocycles. The Morgan fingerprint density at radius 1 is 0.253 bits per heavy atom. The van der Waals surface area contributed by atoms with Gasteiger partial charge in [0.05, 0.1) is 336 Å². The number of hydrogen-bond acceptors (Lipinski definition) is 27. The molecule has 0 aromatic heterocycles. The van der Waals surface area contributed by atoms with E-state index in [4.69, 9.17) is 124 Å². The summed E-state index contributed by atoms with van der Waals surface area (Å²) in [6.45, 7) is 23.0. The van der Waals surface area contributed by atoms with E-state index in [0.717, 1.165) is 22.4 Å². The summed E-state index contributed by atoms with van der Waals surface area (Å²) in [5, 5.41) is 12.4. The van der Waals surface area contributed by atoms with Crippen LogP contribution in [0.1, 0.15) is 23.1 Å². The maximum Gasteiger partial charge on any atom is 0.305 e. The SMILES string of the molecule is COc1ccc(C(NCCOCCOCCOCCOCCOCCOCCOCCOCCOCCOCCOCCOCCOCCOCCOCCOCCOCCOCCOCCOCCOCCOCCOCCOCCC(=O)O)(c2ccccc2)c2ccccc2)cc1. The van der Waals surface area contributed by atoms with Crippen molar-refractivity contribution in [2.45, 2.75) is 12.0 Å². The molecule has 0 unspecified atom stereocenters. The van der Waals surface area contributed by atoms with Crippen LogP contribution in [0.25, 0.3) is 0 Å². The molecule has 0 saturated carbocycles. The molecular weight excluding hydrogens is 1300 g/mol. The molecule has 0 radical (unpaired) electrons. The monoisotopic (exact) mass is 1420 g/mol. The fraction of sp³-hybridized carbons (Fsp3) is 0.732. The maximum absolute atomic E-state index is 10.4. The molecule has 99 heavy (non-hydrogen) atoms. The van der Waals surface area contributed by atoms with E-state index in [0.29, 0.717) is 317 Å². The van der Waals surface area contributed by atoms with Gasteiger partial charge in [-0.25, -0.2) is 0 Å². The van der Waals surface area contributed by atoms with E-state index in [9.17, 15) is 4.79 Å². The summed E-state index contributed by atoms with van der Waals surface area (Å²) < 4.78 is 138. The van der Waals surface area contributed by atoms with E-state index in [1.807, 2.05) is 24.3 Å². The average molecular weight is 1420 g/mol. The molecule has 0 aliphatic rings. The van der Waals surface area contributed by atoms with Crippen LogP contribution in [-0.2, 0) is 124 Å². The first kappa shape index (κ1) is 89.1. The Labute approximate surface area is 587 Å². The molecule has 2 N–H and O–H groups in total. The van der Waals surface area contributed by atoms with Crippen LogP contribution in [0.4, 0.5) is 0 Å². The number of ether oxygens (including phenoxy) is 25. The fourth-order valence-electron chi connectivity index (χ4n) is 8.65. The molecule has 0 bridgehead atoms. The molecule has 0 spiro atoms. The van der Waals surface area contributed by atoms with Gasteiger partial charge in [0, 0.05) is 6.54 Å². The summed E-state index contributed by atoms with van der Waals surface area (Å²) in [5.41, 5.74) is 2.80. The highest BCUT2D eigenvalue weighted by atomic mass is 16.6. The Morgan fingerprint density at radius 2 is 0.424 bits per heavy atom. The van der Waals surface area contributed by atoms with Crippen molar-refractivity contribution in [2.75, 3.05) is 331 Å². The van der Waals surface area contributed by atoms with Gasteiger partial charge in [-0.05, 0) is 28.8 Å². The van der Waals surface area contributed by atoms with Crippen LogP contribution in [0, 0.1) is 0 Å². The highest BCUT2D eigenvalue weighted by Crippen LogP contribution is 2.37. The number of benzene rings is 3. The predicted molar refractivity (Wildman–Crippen MR) is 366 cm³/mol. The van der Waals surface area contributed by atoms with Crippen molar-refractivity contribution in [2.24, 2.45) is 0 Å². The van der Waals surface area contributed by atoms with Gasteiger partial charge in [0.2, 0.25) is 0 Å². The van der Waals surface area contributed by atoms with Gasteiger partial charge in [-0.1, -0.05) is 72.8 Å². The third kappa shape index (κ3) is 54.3. The predicted octanol–water partition coefficient (Wildman–Crippen LogP) is 4.45. The van der Waals surface area contributed by atoms with E-state index < -0.39 is 11.5 Å². The standard InChI is InChI=1S/C71H119NO27/c1-75-69-14-12-68(13-15-69)71(66-8-4-2-5-9-66,67-10-6-3-7-11-67)72-17-19-77-21-23-79-25-27-81-29-31-83-33-35-85-37-39-87-41-43-89-45-47-91-49-51-93-53-55-95-57-59-97-61-63-99-65-64-98-62-60-96-58-56-94-54-52-92-50-48-90-46-44-88-42-40-86-38-36-84-34-32-82-30-28-80-26-24-78-22-20-76-18-16-70(73)74/h2-15,72H,16-65H2,1H3,(H,73,74). The van der Waals surface area contributed by atoms with Crippen molar-refractivity contribution in [1.82, 2.24) is 5.32 Å². The minimum Gasteiger partial charge on any atom is -0.497 e. The van der Waals surface area contributed by atoms with Crippen LogP contribution < -0.4 is 10.1 Å². The number of carboxylic acid groups (broad SMARTS) is 1. The minimum atomic E-state index is -0.880. The van der Waals surface area contributed by atoms with Crippen LogP contribution in [0.15, 0.2) is 84.9 Å². The van der Waals surface area contributed by atoms with Gasteiger partial charge in [0.1, 0.15) is 5.75 Å². The second kappa shape index (κ2) is 70.9. The van der Waals surface area contributed by atoms with Crippen molar-refractivity contribution in [3.05, 3.63) is 102 Å². The average Bonchev–Trinajstić information content (AvgIpc) is 0.760. The zero-order valence-corrected chi connectivity index (χ0v) is 59.0. The molecule has 570 valence electrons. The molecule has 0 amide bonds. The van der Waals surface area contributed by atoms with E-state index in [-0.39, 0.29) is 13.0 Å². The third-order valence-corrected chi connectivity index (χ3v) is 13.6.